The Bertz CT molecular complexity index is 800. The average molecular weight is 329 g/mol. The molecule has 3 heterocycles. The van der Waals surface area contributed by atoms with E-state index in [1.165, 1.54) is 10.5 Å². The number of likely N-dealkylation sites (N-methyl/N-ethyl adjacent to an activating group) is 1. The average Bonchev–Trinajstić information content (AvgIpc) is 2.60. The smallest absolute Gasteiger partial charge is 0.323 e. The van der Waals surface area contributed by atoms with E-state index in [0.717, 1.165) is 37.9 Å². The van der Waals surface area contributed by atoms with Gasteiger partial charge >= 0.3 is 5.97 Å². The largest absolute Gasteiger partial charge is 0.458 e. The number of rotatable bonds is 4. The van der Waals surface area contributed by atoms with Crippen LogP contribution >= 0.6 is 0 Å². The van der Waals surface area contributed by atoms with Gasteiger partial charge in [0.05, 0.1) is 5.69 Å². The van der Waals surface area contributed by atoms with E-state index in [9.17, 15) is 9.59 Å². The molecule has 1 saturated heterocycles. The number of likely N-dealkylation sites (tertiary alicyclic amines) is 1. The van der Waals surface area contributed by atoms with E-state index in [2.05, 4.69) is 16.8 Å². The zero-order chi connectivity index (χ0) is 17.1. The van der Waals surface area contributed by atoms with E-state index in [1.807, 2.05) is 19.1 Å². The third kappa shape index (κ3) is 3.33. The summed E-state index contributed by atoms with van der Waals surface area (Å²) in [7, 11) is 0. The molecule has 24 heavy (non-hydrogen) atoms. The van der Waals surface area contributed by atoms with Crippen LogP contribution in [0.15, 0.2) is 29.2 Å². The van der Waals surface area contributed by atoms with Crippen molar-refractivity contribution in [2.45, 2.75) is 45.8 Å². The molecule has 0 aliphatic carbocycles. The van der Waals surface area contributed by atoms with Crippen molar-refractivity contribution in [3.8, 4) is 0 Å². The molecule has 2 aromatic rings. The van der Waals surface area contributed by atoms with E-state index in [4.69, 9.17) is 4.74 Å². The van der Waals surface area contributed by atoms with E-state index < -0.39 is 0 Å². The third-order valence-electron chi connectivity index (χ3n) is 4.59. The van der Waals surface area contributed by atoms with Gasteiger partial charge in [-0.15, -0.1) is 0 Å². The van der Waals surface area contributed by atoms with E-state index in [-0.39, 0.29) is 24.2 Å². The lowest BCUT2D eigenvalue weighted by molar-refractivity contribution is -0.152. The Morgan fingerprint density at radius 1 is 1.42 bits per heavy atom. The van der Waals surface area contributed by atoms with Gasteiger partial charge < -0.3 is 4.74 Å². The number of carbonyl (C=O) groups excluding carboxylic acids is 1. The van der Waals surface area contributed by atoms with Gasteiger partial charge in [-0.2, -0.15) is 0 Å². The number of piperidine rings is 1. The molecule has 6 nitrogen and oxygen atoms in total. The molecular formula is C18H23N3O3. The first-order chi connectivity index (χ1) is 11.6. The van der Waals surface area contributed by atoms with Crippen LogP contribution in [0.5, 0.6) is 0 Å². The van der Waals surface area contributed by atoms with E-state index in [0.29, 0.717) is 11.3 Å². The number of esters is 1. The molecule has 0 unspecified atom stereocenters. The molecule has 128 valence electrons. The summed E-state index contributed by atoms with van der Waals surface area (Å²) < 4.78 is 6.95. The van der Waals surface area contributed by atoms with Gasteiger partial charge in [-0.3, -0.25) is 18.9 Å². The number of aryl methyl sites for hydroxylation is 1. The number of nitrogens with zero attached hydrogens (tertiary/aromatic N) is 3. The number of aromatic nitrogens is 2. The predicted molar refractivity (Wildman–Crippen MR) is 90.9 cm³/mol. The van der Waals surface area contributed by atoms with Crippen molar-refractivity contribution in [1.29, 1.82) is 0 Å². The highest BCUT2D eigenvalue weighted by atomic mass is 16.5. The van der Waals surface area contributed by atoms with Gasteiger partial charge in [0.2, 0.25) is 0 Å². The van der Waals surface area contributed by atoms with Crippen molar-refractivity contribution in [2.75, 3.05) is 13.1 Å². The van der Waals surface area contributed by atoms with Crippen LogP contribution in [-0.2, 0) is 16.1 Å². The maximum absolute atomic E-state index is 12.4. The van der Waals surface area contributed by atoms with Gasteiger partial charge in [0.25, 0.3) is 5.56 Å². The zero-order valence-corrected chi connectivity index (χ0v) is 14.2. The Hall–Kier alpha value is -2.21. The van der Waals surface area contributed by atoms with Crippen LogP contribution in [0, 0.1) is 6.92 Å². The van der Waals surface area contributed by atoms with E-state index in [1.54, 1.807) is 6.20 Å². The van der Waals surface area contributed by atoms with Crippen molar-refractivity contribution >= 4 is 11.6 Å². The fourth-order valence-corrected chi connectivity index (χ4v) is 3.26. The maximum Gasteiger partial charge on any atom is 0.323 e. The lowest BCUT2D eigenvalue weighted by atomic mass is 10.0. The van der Waals surface area contributed by atoms with Crippen LogP contribution in [0.3, 0.4) is 0 Å². The third-order valence-corrected chi connectivity index (χ3v) is 4.59. The van der Waals surface area contributed by atoms with Crippen molar-refractivity contribution in [3.05, 3.63) is 46.0 Å². The summed E-state index contributed by atoms with van der Waals surface area (Å²) in [5.41, 5.74) is 1.83. The highest BCUT2D eigenvalue weighted by Crippen LogP contribution is 2.18. The second-order valence-electron chi connectivity index (χ2n) is 6.22. The number of carbonyl (C=O) groups is 1. The number of hydrogen-bond acceptors (Lipinski definition) is 5. The SMILES string of the molecule is CCN1CCCC[C@@H]1C(=O)OCc1cc(=O)n2cccc(C)c2n1. The number of pyridine rings is 1. The minimum Gasteiger partial charge on any atom is -0.458 e. The number of ether oxygens (including phenoxy) is 1. The number of fused-ring (bicyclic) bond motifs is 1. The molecule has 2 aromatic heterocycles. The molecule has 6 heteroatoms. The normalized spacial score (nSPS) is 18.7. The number of hydrogen-bond donors (Lipinski definition) is 0. The molecule has 0 radical (unpaired) electrons. The highest BCUT2D eigenvalue weighted by Gasteiger charge is 2.28. The van der Waals surface area contributed by atoms with Crippen molar-refractivity contribution < 1.29 is 9.53 Å². The second kappa shape index (κ2) is 7.13. The summed E-state index contributed by atoms with van der Waals surface area (Å²) in [6.45, 7) is 5.77. The van der Waals surface area contributed by atoms with Crippen molar-refractivity contribution in [2.24, 2.45) is 0 Å². The molecule has 0 amide bonds. The molecule has 0 aromatic carbocycles. The summed E-state index contributed by atoms with van der Waals surface area (Å²) in [5.74, 6) is -0.219. The molecule has 1 aliphatic heterocycles. The fourth-order valence-electron chi connectivity index (χ4n) is 3.26. The molecule has 3 rings (SSSR count). The molecule has 0 spiro atoms. The van der Waals surface area contributed by atoms with Gasteiger partial charge in [-0.05, 0) is 44.5 Å². The van der Waals surface area contributed by atoms with Gasteiger partial charge in [-0.25, -0.2) is 4.98 Å². The Morgan fingerprint density at radius 3 is 3.04 bits per heavy atom. The minimum atomic E-state index is -0.219. The lowest BCUT2D eigenvalue weighted by Gasteiger charge is -2.32. The summed E-state index contributed by atoms with van der Waals surface area (Å²) in [5, 5.41) is 0. The minimum absolute atomic E-state index is 0.0347. The first-order valence-corrected chi connectivity index (χ1v) is 8.48. The standard InChI is InChI=1S/C18H23N3O3/c1-3-20-9-5-4-8-15(20)18(23)24-12-14-11-16(22)21-10-6-7-13(2)17(21)19-14/h6-7,10-11,15H,3-5,8-9,12H2,1-2H3/t15-/m1/s1. The van der Waals surface area contributed by atoms with Crippen LogP contribution in [0.2, 0.25) is 0 Å². The Morgan fingerprint density at radius 2 is 2.25 bits per heavy atom. The summed E-state index contributed by atoms with van der Waals surface area (Å²) in [6.07, 6.45) is 4.69. The van der Waals surface area contributed by atoms with Crippen LogP contribution < -0.4 is 5.56 Å². The highest BCUT2D eigenvalue weighted by molar-refractivity contribution is 5.75. The monoisotopic (exact) mass is 329 g/mol. The van der Waals surface area contributed by atoms with Gasteiger partial charge in [0, 0.05) is 12.3 Å². The van der Waals surface area contributed by atoms with Gasteiger partial charge in [0.1, 0.15) is 18.3 Å². The molecule has 1 aliphatic rings. The van der Waals surface area contributed by atoms with E-state index >= 15 is 0 Å². The molecule has 0 bridgehead atoms. The lowest BCUT2D eigenvalue weighted by Crippen LogP contribution is -2.45. The molecule has 0 N–H and O–H groups in total. The van der Waals surface area contributed by atoms with Crippen molar-refractivity contribution in [3.63, 3.8) is 0 Å². The van der Waals surface area contributed by atoms with Crippen LogP contribution in [0.4, 0.5) is 0 Å². The molecule has 0 saturated carbocycles. The van der Waals surface area contributed by atoms with Crippen LogP contribution in [0.25, 0.3) is 5.65 Å². The van der Waals surface area contributed by atoms with Crippen LogP contribution in [-0.4, -0.2) is 39.4 Å². The molecule has 1 fully saturated rings. The van der Waals surface area contributed by atoms with Gasteiger partial charge in [-0.1, -0.05) is 19.4 Å². The quantitative estimate of drug-likeness (QED) is 0.802. The van der Waals surface area contributed by atoms with Gasteiger partial charge in [0.15, 0.2) is 0 Å². The Labute approximate surface area is 141 Å². The topological polar surface area (TPSA) is 63.9 Å². The maximum atomic E-state index is 12.4. The predicted octanol–water partition coefficient (Wildman–Crippen LogP) is 1.92. The first kappa shape index (κ1) is 16.6. The van der Waals surface area contributed by atoms with Crippen LogP contribution in [0.1, 0.15) is 37.4 Å². The Kier molecular flexibility index (Phi) is 4.94. The second-order valence-corrected chi connectivity index (χ2v) is 6.22. The summed E-state index contributed by atoms with van der Waals surface area (Å²) >= 11 is 0. The molecule has 1 atom stereocenters. The zero-order valence-electron chi connectivity index (χ0n) is 14.2. The Balaban J connectivity index is 1.74. The molecular weight excluding hydrogens is 306 g/mol. The first-order valence-electron chi connectivity index (χ1n) is 8.48. The fraction of sp³-hybridized carbons (Fsp3) is 0.500. The summed E-state index contributed by atoms with van der Waals surface area (Å²) in [6, 6.07) is 4.97. The van der Waals surface area contributed by atoms with Crippen molar-refractivity contribution in [1.82, 2.24) is 14.3 Å². The summed E-state index contributed by atoms with van der Waals surface area (Å²) in [4.78, 5) is 31.2.